The largest absolute Gasteiger partial charge is 0.464 e. The van der Waals surface area contributed by atoms with Gasteiger partial charge in [0.25, 0.3) is 0 Å². The van der Waals surface area contributed by atoms with Crippen molar-refractivity contribution in [3.8, 4) is 0 Å². The standard InChI is InChI=1S/C15H16BrNO4/c1-20-14(18)13-9-12(16)7-8-17(13)15(19)21-10-11-5-3-2-4-6-11/h2-6,9,12H,7-8,10H2,1H3. The fourth-order valence-corrected chi connectivity index (χ4v) is 2.44. The van der Waals surface area contributed by atoms with Crippen molar-refractivity contribution in [2.75, 3.05) is 13.7 Å². The highest BCUT2D eigenvalue weighted by Crippen LogP contribution is 2.22. The second kappa shape index (κ2) is 7.26. The second-order valence-corrected chi connectivity index (χ2v) is 5.72. The Labute approximate surface area is 131 Å². The minimum Gasteiger partial charge on any atom is -0.464 e. The second-order valence-electron chi connectivity index (χ2n) is 4.54. The molecule has 0 radical (unpaired) electrons. The van der Waals surface area contributed by atoms with Gasteiger partial charge in [-0.25, -0.2) is 9.59 Å². The highest BCUT2D eigenvalue weighted by molar-refractivity contribution is 9.09. The molecule has 112 valence electrons. The molecule has 6 heteroatoms. The molecular weight excluding hydrogens is 338 g/mol. The van der Waals surface area contributed by atoms with Gasteiger partial charge in [-0.2, -0.15) is 0 Å². The Morgan fingerprint density at radius 1 is 1.33 bits per heavy atom. The highest BCUT2D eigenvalue weighted by atomic mass is 79.9. The molecule has 5 nitrogen and oxygen atoms in total. The van der Waals surface area contributed by atoms with E-state index in [4.69, 9.17) is 9.47 Å². The average Bonchev–Trinajstić information content (AvgIpc) is 2.52. The monoisotopic (exact) mass is 353 g/mol. The van der Waals surface area contributed by atoms with Crippen molar-refractivity contribution >= 4 is 28.0 Å². The van der Waals surface area contributed by atoms with Crippen molar-refractivity contribution in [1.29, 1.82) is 0 Å². The molecule has 2 rings (SSSR count). The number of hydrogen-bond donors (Lipinski definition) is 0. The van der Waals surface area contributed by atoms with Crippen LogP contribution in [0.5, 0.6) is 0 Å². The number of carbonyl (C=O) groups excluding carboxylic acids is 2. The van der Waals surface area contributed by atoms with Crippen LogP contribution in [0.4, 0.5) is 4.79 Å². The first-order valence-corrected chi connectivity index (χ1v) is 7.46. The minimum absolute atomic E-state index is 0.0461. The molecular formula is C15H16BrNO4. The molecule has 0 spiro atoms. The number of benzene rings is 1. The van der Waals surface area contributed by atoms with Crippen molar-refractivity contribution in [3.63, 3.8) is 0 Å². The van der Waals surface area contributed by atoms with Gasteiger partial charge in [0.2, 0.25) is 0 Å². The molecule has 1 amide bonds. The van der Waals surface area contributed by atoms with Gasteiger partial charge in [-0.05, 0) is 18.1 Å². The number of halogens is 1. The summed E-state index contributed by atoms with van der Waals surface area (Å²) in [6, 6.07) is 9.38. The van der Waals surface area contributed by atoms with Gasteiger partial charge in [0.15, 0.2) is 0 Å². The Hall–Kier alpha value is -1.82. The number of methoxy groups -OCH3 is 1. The SMILES string of the molecule is COC(=O)C1=CC(Br)CCN1C(=O)OCc1ccccc1. The van der Waals surface area contributed by atoms with Crippen LogP contribution in [0.15, 0.2) is 42.1 Å². The zero-order chi connectivity index (χ0) is 15.2. The van der Waals surface area contributed by atoms with Gasteiger partial charge >= 0.3 is 12.1 Å². The molecule has 1 aromatic rings. The van der Waals surface area contributed by atoms with Gasteiger partial charge in [-0.15, -0.1) is 0 Å². The maximum absolute atomic E-state index is 12.1. The number of ether oxygens (including phenoxy) is 2. The lowest BCUT2D eigenvalue weighted by Gasteiger charge is -2.28. The lowest BCUT2D eigenvalue weighted by atomic mass is 10.1. The third-order valence-electron chi connectivity index (χ3n) is 3.08. The van der Waals surface area contributed by atoms with Gasteiger partial charge < -0.3 is 9.47 Å². The van der Waals surface area contributed by atoms with Gasteiger partial charge in [-0.1, -0.05) is 46.3 Å². The van der Waals surface area contributed by atoms with Crippen molar-refractivity contribution in [2.45, 2.75) is 17.9 Å². The number of allylic oxidation sites excluding steroid dienone is 1. The van der Waals surface area contributed by atoms with Crippen LogP contribution in [0.2, 0.25) is 0 Å². The maximum Gasteiger partial charge on any atom is 0.414 e. The molecule has 1 aliphatic heterocycles. The Bertz CT molecular complexity index is 544. The predicted molar refractivity (Wildman–Crippen MR) is 80.8 cm³/mol. The number of rotatable bonds is 3. The smallest absolute Gasteiger partial charge is 0.414 e. The first-order valence-electron chi connectivity index (χ1n) is 6.54. The first-order chi connectivity index (χ1) is 10.1. The molecule has 0 aromatic heterocycles. The van der Waals surface area contributed by atoms with Crippen molar-refractivity contribution in [2.24, 2.45) is 0 Å². The van der Waals surface area contributed by atoms with E-state index < -0.39 is 12.1 Å². The summed E-state index contributed by atoms with van der Waals surface area (Å²) in [5.74, 6) is -0.546. The molecule has 0 bridgehead atoms. The average molecular weight is 354 g/mol. The molecule has 1 heterocycles. The van der Waals surface area contributed by atoms with E-state index in [2.05, 4.69) is 15.9 Å². The lowest BCUT2D eigenvalue weighted by molar-refractivity contribution is -0.138. The quantitative estimate of drug-likeness (QED) is 0.619. The molecule has 0 saturated carbocycles. The lowest BCUT2D eigenvalue weighted by Crippen LogP contribution is -2.39. The normalized spacial score (nSPS) is 17.9. The molecule has 1 aromatic carbocycles. The number of carbonyl (C=O) groups is 2. The van der Waals surface area contributed by atoms with E-state index in [9.17, 15) is 9.59 Å². The van der Waals surface area contributed by atoms with E-state index >= 15 is 0 Å². The molecule has 1 aliphatic rings. The fraction of sp³-hybridized carbons (Fsp3) is 0.333. The van der Waals surface area contributed by atoms with E-state index in [1.807, 2.05) is 30.3 Å². The summed E-state index contributed by atoms with van der Waals surface area (Å²) in [4.78, 5) is 25.2. The van der Waals surface area contributed by atoms with Gasteiger partial charge in [0, 0.05) is 11.4 Å². The summed E-state index contributed by atoms with van der Waals surface area (Å²) < 4.78 is 9.95. The number of amides is 1. The zero-order valence-corrected chi connectivity index (χ0v) is 13.2. The Morgan fingerprint density at radius 2 is 2.05 bits per heavy atom. The van der Waals surface area contributed by atoms with Crippen molar-refractivity contribution < 1.29 is 19.1 Å². The highest BCUT2D eigenvalue weighted by Gasteiger charge is 2.30. The molecule has 0 N–H and O–H groups in total. The Kier molecular flexibility index (Phi) is 5.38. The molecule has 21 heavy (non-hydrogen) atoms. The Balaban J connectivity index is 2.03. The van der Waals surface area contributed by atoms with Crippen molar-refractivity contribution in [3.05, 3.63) is 47.7 Å². The number of esters is 1. The number of alkyl halides is 1. The summed E-state index contributed by atoms with van der Waals surface area (Å²) in [5.41, 5.74) is 1.11. The van der Waals surface area contributed by atoms with Crippen LogP contribution in [0.1, 0.15) is 12.0 Å². The van der Waals surface area contributed by atoms with Crippen LogP contribution in [0.25, 0.3) is 0 Å². The van der Waals surface area contributed by atoms with Crippen LogP contribution in [0.3, 0.4) is 0 Å². The maximum atomic E-state index is 12.1. The zero-order valence-electron chi connectivity index (χ0n) is 11.6. The van der Waals surface area contributed by atoms with Crippen LogP contribution in [-0.2, 0) is 20.9 Å². The van der Waals surface area contributed by atoms with Gasteiger partial charge in [0.05, 0.1) is 7.11 Å². The van der Waals surface area contributed by atoms with Crippen LogP contribution in [-0.4, -0.2) is 35.4 Å². The van der Waals surface area contributed by atoms with E-state index in [1.165, 1.54) is 12.0 Å². The summed E-state index contributed by atoms with van der Waals surface area (Å²) in [5, 5.41) is 0. The third kappa shape index (κ3) is 4.07. The number of nitrogens with zero attached hydrogens (tertiary/aromatic N) is 1. The van der Waals surface area contributed by atoms with E-state index in [0.29, 0.717) is 13.0 Å². The first kappa shape index (κ1) is 15.6. The summed E-state index contributed by atoms with van der Waals surface area (Å²) in [6.07, 6.45) is 1.83. The topological polar surface area (TPSA) is 55.8 Å². The summed E-state index contributed by atoms with van der Waals surface area (Å²) in [6.45, 7) is 0.576. The van der Waals surface area contributed by atoms with Crippen LogP contribution in [0, 0.1) is 0 Å². The minimum atomic E-state index is -0.546. The van der Waals surface area contributed by atoms with Crippen molar-refractivity contribution in [1.82, 2.24) is 4.90 Å². The van der Waals surface area contributed by atoms with Crippen LogP contribution >= 0.6 is 15.9 Å². The molecule has 0 saturated heterocycles. The molecule has 1 unspecified atom stereocenters. The van der Waals surface area contributed by atoms with Gasteiger partial charge in [0.1, 0.15) is 12.3 Å². The summed E-state index contributed by atoms with van der Waals surface area (Å²) >= 11 is 3.42. The predicted octanol–water partition coefficient (Wildman–Crippen LogP) is 2.85. The van der Waals surface area contributed by atoms with Crippen LogP contribution < -0.4 is 0 Å². The van der Waals surface area contributed by atoms with E-state index in [0.717, 1.165) is 5.56 Å². The fourth-order valence-electron chi connectivity index (χ4n) is 1.99. The summed E-state index contributed by atoms with van der Waals surface area (Å²) in [7, 11) is 1.29. The number of hydrogen-bond acceptors (Lipinski definition) is 4. The third-order valence-corrected chi connectivity index (χ3v) is 3.80. The van der Waals surface area contributed by atoms with E-state index in [1.54, 1.807) is 6.08 Å². The molecule has 0 aliphatic carbocycles. The Morgan fingerprint density at radius 3 is 2.71 bits per heavy atom. The van der Waals surface area contributed by atoms with Gasteiger partial charge in [-0.3, -0.25) is 4.90 Å². The van der Waals surface area contributed by atoms with E-state index in [-0.39, 0.29) is 17.1 Å². The molecule has 1 atom stereocenters. The molecule has 0 fully saturated rings.